The molecule has 1 fully saturated rings. The van der Waals surface area contributed by atoms with Gasteiger partial charge in [-0.05, 0) is 44.7 Å². The van der Waals surface area contributed by atoms with Gasteiger partial charge in [0.2, 0.25) is 0 Å². The van der Waals surface area contributed by atoms with Crippen LogP contribution in [0.25, 0.3) is 0 Å². The molecule has 0 bridgehead atoms. The van der Waals surface area contributed by atoms with Crippen LogP contribution in [0.2, 0.25) is 0 Å². The Hall–Kier alpha value is -1.74. The highest BCUT2D eigenvalue weighted by molar-refractivity contribution is 5.88. The minimum atomic E-state index is 0.636. The van der Waals surface area contributed by atoms with Crippen molar-refractivity contribution in [1.29, 1.82) is 0 Å². The van der Waals surface area contributed by atoms with Gasteiger partial charge in [-0.1, -0.05) is 44.1 Å². The standard InChI is InChI=1S/C22H33N3/c1-5-7-11-20(23-6-2)16-25(21-12-9-8-10-13-21)17-22-19(4)14-18(3)15-24-22/h5-7,14-15,21H,2,8-13,16-17H2,1,3-4H3. The molecule has 3 heteroatoms. The molecule has 0 aromatic carbocycles. The molecule has 0 atom stereocenters. The number of hydrogen-bond donors (Lipinski definition) is 0. The summed E-state index contributed by atoms with van der Waals surface area (Å²) in [7, 11) is 0. The summed E-state index contributed by atoms with van der Waals surface area (Å²) >= 11 is 0. The maximum atomic E-state index is 4.71. The minimum absolute atomic E-state index is 0.636. The molecule has 1 saturated carbocycles. The first kappa shape index (κ1) is 19.6. The van der Waals surface area contributed by atoms with Crippen LogP contribution in [0.3, 0.4) is 0 Å². The third-order valence-corrected chi connectivity index (χ3v) is 5.02. The Morgan fingerprint density at radius 3 is 2.72 bits per heavy atom. The lowest BCUT2D eigenvalue weighted by Gasteiger charge is -2.34. The van der Waals surface area contributed by atoms with E-state index in [-0.39, 0.29) is 0 Å². The number of hydrogen-bond acceptors (Lipinski definition) is 3. The van der Waals surface area contributed by atoms with Crippen LogP contribution < -0.4 is 0 Å². The summed E-state index contributed by atoms with van der Waals surface area (Å²) in [6, 6.07) is 2.87. The number of aliphatic imine (C=N–C) groups is 1. The van der Waals surface area contributed by atoms with Crippen molar-refractivity contribution in [2.24, 2.45) is 4.99 Å². The predicted molar refractivity (Wildman–Crippen MR) is 108 cm³/mol. The molecule has 2 rings (SSSR count). The van der Waals surface area contributed by atoms with Crippen LogP contribution in [0, 0.1) is 13.8 Å². The Balaban J connectivity index is 2.19. The molecule has 3 nitrogen and oxygen atoms in total. The van der Waals surface area contributed by atoms with Crippen LogP contribution in [0.5, 0.6) is 0 Å². The second-order valence-electron chi connectivity index (χ2n) is 7.12. The van der Waals surface area contributed by atoms with Gasteiger partial charge in [0.1, 0.15) is 0 Å². The van der Waals surface area contributed by atoms with E-state index in [1.807, 2.05) is 6.20 Å². The van der Waals surface area contributed by atoms with E-state index in [1.165, 1.54) is 54.6 Å². The van der Waals surface area contributed by atoms with Gasteiger partial charge in [0.15, 0.2) is 0 Å². The normalized spacial score (nSPS) is 16.7. The second-order valence-corrected chi connectivity index (χ2v) is 7.12. The summed E-state index contributed by atoms with van der Waals surface area (Å²) in [4.78, 5) is 11.8. The summed E-state index contributed by atoms with van der Waals surface area (Å²) in [6.07, 6.45) is 15.4. The highest BCUT2D eigenvalue weighted by atomic mass is 15.2. The molecule has 0 aliphatic heterocycles. The molecule has 0 amide bonds. The SMILES string of the molecule is C=CN=C(CC=CC)CN(Cc1ncc(C)cc1C)C1CCCCC1. The van der Waals surface area contributed by atoms with Crippen molar-refractivity contribution in [2.75, 3.05) is 6.54 Å². The van der Waals surface area contributed by atoms with Crippen LogP contribution in [-0.4, -0.2) is 28.2 Å². The average molecular weight is 340 g/mol. The van der Waals surface area contributed by atoms with E-state index in [0.717, 1.165) is 19.5 Å². The van der Waals surface area contributed by atoms with Gasteiger partial charge >= 0.3 is 0 Å². The number of aryl methyl sites for hydroxylation is 2. The first-order valence-electron chi connectivity index (χ1n) is 9.57. The van der Waals surface area contributed by atoms with Gasteiger partial charge in [0, 0.05) is 43.7 Å². The van der Waals surface area contributed by atoms with Crippen LogP contribution in [0.15, 0.2) is 42.2 Å². The smallest absolute Gasteiger partial charge is 0.0573 e. The van der Waals surface area contributed by atoms with Crippen LogP contribution in [0.4, 0.5) is 0 Å². The molecule has 1 aromatic heterocycles. The van der Waals surface area contributed by atoms with Crippen LogP contribution >= 0.6 is 0 Å². The molecule has 0 saturated heterocycles. The molecule has 136 valence electrons. The van der Waals surface area contributed by atoms with Gasteiger partial charge in [0.25, 0.3) is 0 Å². The number of rotatable bonds is 8. The molecule has 1 aromatic rings. The minimum Gasteiger partial charge on any atom is -0.289 e. The monoisotopic (exact) mass is 339 g/mol. The zero-order chi connectivity index (χ0) is 18.1. The maximum absolute atomic E-state index is 4.71. The van der Waals surface area contributed by atoms with Crippen molar-refractivity contribution in [3.8, 4) is 0 Å². The largest absolute Gasteiger partial charge is 0.289 e. The second kappa shape index (κ2) is 10.3. The van der Waals surface area contributed by atoms with E-state index >= 15 is 0 Å². The van der Waals surface area contributed by atoms with Crippen molar-refractivity contribution < 1.29 is 0 Å². The molecule has 0 N–H and O–H groups in total. The lowest BCUT2D eigenvalue weighted by molar-refractivity contribution is 0.167. The average Bonchev–Trinajstić information content (AvgIpc) is 2.62. The van der Waals surface area contributed by atoms with E-state index < -0.39 is 0 Å². The summed E-state index contributed by atoms with van der Waals surface area (Å²) in [5.74, 6) is 0. The number of allylic oxidation sites excluding steroid dienone is 2. The lowest BCUT2D eigenvalue weighted by Crippen LogP contribution is -2.40. The van der Waals surface area contributed by atoms with Crippen molar-refractivity contribution in [3.63, 3.8) is 0 Å². The van der Waals surface area contributed by atoms with Gasteiger partial charge in [-0.3, -0.25) is 14.9 Å². The molecule has 0 unspecified atom stereocenters. The topological polar surface area (TPSA) is 28.5 Å². The molecule has 1 heterocycles. The Labute approximate surface area is 153 Å². The molecular formula is C22H33N3. The number of aromatic nitrogens is 1. The summed E-state index contributed by atoms with van der Waals surface area (Å²) in [5, 5.41) is 0. The molecule has 1 aliphatic rings. The summed E-state index contributed by atoms with van der Waals surface area (Å²) in [6.45, 7) is 11.9. The van der Waals surface area contributed by atoms with E-state index in [4.69, 9.17) is 4.98 Å². The van der Waals surface area contributed by atoms with Gasteiger partial charge in [0.05, 0.1) is 5.69 Å². The summed E-state index contributed by atoms with van der Waals surface area (Å²) in [5.41, 5.74) is 4.90. The fraction of sp³-hybridized carbons (Fsp3) is 0.545. The Kier molecular flexibility index (Phi) is 8.07. The number of nitrogens with zero attached hydrogens (tertiary/aromatic N) is 3. The molecule has 0 spiro atoms. The van der Waals surface area contributed by atoms with Gasteiger partial charge < -0.3 is 0 Å². The van der Waals surface area contributed by atoms with E-state index in [9.17, 15) is 0 Å². The predicted octanol–water partition coefficient (Wildman–Crippen LogP) is 5.38. The fourth-order valence-electron chi connectivity index (χ4n) is 3.64. The Bertz CT molecular complexity index is 610. The highest BCUT2D eigenvalue weighted by Gasteiger charge is 2.23. The summed E-state index contributed by atoms with van der Waals surface area (Å²) < 4.78 is 0. The van der Waals surface area contributed by atoms with Crippen LogP contribution in [0.1, 0.15) is 62.3 Å². The third-order valence-electron chi connectivity index (χ3n) is 5.02. The molecular weight excluding hydrogens is 306 g/mol. The van der Waals surface area contributed by atoms with Gasteiger partial charge in [-0.15, -0.1) is 0 Å². The lowest BCUT2D eigenvalue weighted by atomic mass is 9.93. The first-order chi connectivity index (χ1) is 12.1. The van der Waals surface area contributed by atoms with Crippen molar-refractivity contribution in [3.05, 3.63) is 54.0 Å². The highest BCUT2D eigenvalue weighted by Crippen LogP contribution is 2.24. The molecule has 0 radical (unpaired) electrons. The van der Waals surface area contributed by atoms with Crippen molar-refractivity contribution >= 4 is 5.71 Å². The Morgan fingerprint density at radius 1 is 1.32 bits per heavy atom. The fourth-order valence-corrected chi connectivity index (χ4v) is 3.64. The van der Waals surface area contributed by atoms with E-state index in [0.29, 0.717) is 6.04 Å². The van der Waals surface area contributed by atoms with Gasteiger partial charge in [-0.25, -0.2) is 0 Å². The zero-order valence-corrected chi connectivity index (χ0v) is 16.2. The van der Waals surface area contributed by atoms with E-state index in [2.05, 4.69) is 55.5 Å². The maximum Gasteiger partial charge on any atom is 0.0573 e. The van der Waals surface area contributed by atoms with Gasteiger partial charge in [-0.2, -0.15) is 0 Å². The number of pyridine rings is 1. The molecule has 25 heavy (non-hydrogen) atoms. The third kappa shape index (κ3) is 6.24. The molecule has 1 aliphatic carbocycles. The van der Waals surface area contributed by atoms with Crippen molar-refractivity contribution in [1.82, 2.24) is 9.88 Å². The first-order valence-corrected chi connectivity index (χ1v) is 9.57. The quantitative estimate of drug-likeness (QED) is 0.469. The zero-order valence-electron chi connectivity index (χ0n) is 16.2. The Morgan fingerprint density at radius 2 is 2.08 bits per heavy atom. The van der Waals surface area contributed by atoms with Crippen molar-refractivity contribution in [2.45, 2.75) is 71.9 Å². The van der Waals surface area contributed by atoms with Crippen LogP contribution in [-0.2, 0) is 6.54 Å². The van der Waals surface area contributed by atoms with E-state index in [1.54, 1.807) is 6.20 Å².